The molecular formula is C33H54O4. The third-order valence-corrected chi connectivity index (χ3v) is 13.4. The smallest absolute Gasteiger partial charge is 0.312 e. The molecule has 5 aliphatic carbocycles. The molecule has 2 N–H and O–H groups in total. The number of carbonyl (C=O) groups is 1. The monoisotopic (exact) mass is 514 g/mol. The molecule has 0 spiro atoms. The second kappa shape index (κ2) is 8.56. The van der Waals surface area contributed by atoms with Crippen LogP contribution < -0.4 is 0 Å². The Morgan fingerprint density at radius 3 is 2.30 bits per heavy atom. The fraction of sp³-hybridized carbons (Fsp3) is 0.909. The Bertz CT molecular complexity index is 965. The predicted octanol–water partition coefficient (Wildman–Crippen LogP) is 7.07. The fourth-order valence-electron chi connectivity index (χ4n) is 11.1. The van der Waals surface area contributed by atoms with E-state index in [1.807, 2.05) is 0 Å². The molecule has 0 amide bonds. The summed E-state index contributed by atoms with van der Waals surface area (Å²) >= 11 is 0. The fourth-order valence-corrected chi connectivity index (χ4v) is 11.1. The number of esters is 1. The Morgan fingerprint density at radius 2 is 1.62 bits per heavy atom. The van der Waals surface area contributed by atoms with Gasteiger partial charge >= 0.3 is 5.97 Å². The van der Waals surface area contributed by atoms with Gasteiger partial charge in [0, 0.05) is 0 Å². The van der Waals surface area contributed by atoms with Crippen molar-refractivity contribution >= 4 is 5.97 Å². The predicted molar refractivity (Wildman–Crippen MR) is 148 cm³/mol. The SMILES string of the molecule is CCCOC(=O)[C@@]12CCC(C)(C)C[C@H]1C1=CC[C@H]3[C@@]4(C)C[C@H](O)[C@H](O)C(C)(C)[C@@H]4CC[C@@]3(C)[C@@]1(C)CC2. The van der Waals surface area contributed by atoms with E-state index in [9.17, 15) is 15.0 Å². The van der Waals surface area contributed by atoms with Crippen LogP contribution in [0.15, 0.2) is 11.6 Å². The summed E-state index contributed by atoms with van der Waals surface area (Å²) in [5.41, 5.74) is 1.26. The molecule has 0 unspecified atom stereocenters. The number of hydrogen-bond donors (Lipinski definition) is 2. The molecular weight excluding hydrogens is 460 g/mol. The molecule has 9 atom stereocenters. The molecule has 4 saturated carbocycles. The van der Waals surface area contributed by atoms with Crippen LogP contribution in [0.3, 0.4) is 0 Å². The van der Waals surface area contributed by atoms with Gasteiger partial charge in [0.1, 0.15) is 0 Å². The second-order valence-corrected chi connectivity index (χ2v) is 16.0. The van der Waals surface area contributed by atoms with Crippen LogP contribution in [-0.4, -0.2) is 35.0 Å². The average molecular weight is 515 g/mol. The summed E-state index contributed by atoms with van der Waals surface area (Å²) in [5.74, 6) is 1.19. The van der Waals surface area contributed by atoms with Crippen LogP contribution in [0.2, 0.25) is 0 Å². The molecule has 0 bridgehead atoms. The van der Waals surface area contributed by atoms with E-state index in [0.717, 1.165) is 57.8 Å². The number of carbonyl (C=O) groups excluding carboxylic acids is 1. The van der Waals surface area contributed by atoms with Crippen LogP contribution in [0.1, 0.15) is 120 Å². The van der Waals surface area contributed by atoms with E-state index in [-0.39, 0.29) is 44.4 Å². The highest BCUT2D eigenvalue weighted by molar-refractivity contribution is 5.78. The van der Waals surface area contributed by atoms with Crippen molar-refractivity contribution in [3.8, 4) is 0 Å². The first kappa shape index (κ1) is 27.7. The van der Waals surface area contributed by atoms with E-state index in [2.05, 4.69) is 61.5 Å². The van der Waals surface area contributed by atoms with Crippen LogP contribution in [0, 0.1) is 50.2 Å². The van der Waals surface area contributed by atoms with Gasteiger partial charge in [-0.2, -0.15) is 0 Å². The van der Waals surface area contributed by atoms with Gasteiger partial charge in [-0.3, -0.25) is 4.79 Å². The molecule has 0 aromatic carbocycles. The number of aliphatic hydroxyl groups excluding tert-OH is 2. The lowest BCUT2D eigenvalue weighted by Gasteiger charge is -2.71. The first-order valence-corrected chi connectivity index (χ1v) is 15.3. The maximum absolute atomic E-state index is 13.7. The minimum atomic E-state index is -0.664. The van der Waals surface area contributed by atoms with Crippen molar-refractivity contribution in [3.05, 3.63) is 11.6 Å². The maximum atomic E-state index is 13.7. The summed E-state index contributed by atoms with van der Waals surface area (Å²) in [6.45, 7) is 19.2. The van der Waals surface area contributed by atoms with Gasteiger partial charge in [-0.15, -0.1) is 0 Å². The number of hydrogen-bond acceptors (Lipinski definition) is 4. The van der Waals surface area contributed by atoms with Gasteiger partial charge in [0.25, 0.3) is 0 Å². The summed E-state index contributed by atoms with van der Waals surface area (Å²) < 4.78 is 5.92. The molecule has 0 aromatic rings. The summed E-state index contributed by atoms with van der Waals surface area (Å²) in [7, 11) is 0. The number of fused-ring (bicyclic) bond motifs is 7. The zero-order valence-corrected chi connectivity index (χ0v) is 25.0. The van der Waals surface area contributed by atoms with E-state index >= 15 is 0 Å². The van der Waals surface area contributed by atoms with Gasteiger partial charge in [-0.1, -0.05) is 67.0 Å². The van der Waals surface area contributed by atoms with Crippen molar-refractivity contribution in [2.45, 2.75) is 132 Å². The normalized spacial score (nSPS) is 50.0. The van der Waals surface area contributed by atoms with Crippen molar-refractivity contribution in [1.29, 1.82) is 0 Å². The molecule has 0 aromatic heterocycles. The van der Waals surface area contributed by atoms with E-state index in [1.165, 1.54) is 0 Å². The van der Waals surface area contributed by atoms with Crippen molar-refractivity contribution < 1.29 is 19.7 Å². The van der Waals surface area contributed by atoms with Crippen molar-refractivity contribution in [3.63, 3.8) is 0 Å². The van der Waals surface area contributed by atoms with Crippen LogP contribution in [0.25, 0.3) is 0 Å². The zero-order chi connectivity index (χ0) is 27.2. The van der Waals surface area contributed by atoms with Crippen molar-refractivity contribution in [2.24, 2.45) is 50.2 Å². The molecule has 4 fully saturated rings. The van der Waals surface area contributed by atoms with Gasteiger partial charge in [0.05, 0.1) is 24.2 Å². The number of aliphatic hydroxyl groups is 2. The van der Waals surface area contributed by atoms with Crippen molar-refractivity contribution in [1.82, 2.24) is 0 Å². The highest BCUT2D eigenvalue weighted by atomic mass is 16.5. The van der Waals surface area contributed by atoms with Gasteiger partial charge in [0.2, 0.25) is 0 Å². The number of allylic oxidation sites excluding steroid dienone is 2. The second-order valence-electron chi connectivity index (χ2n) is 16.0. The first-order valence-electron chi connectivity index (χ1n) is 15.3. The van der Waals surface area contributed by atoms with E-state index in [0.29, 0.717) is 24.9 Å². The van der Waals surface area contributed by atoms with Gasteiger partial charge in [-0.05, 0) is 109 Å². The molecule has 0 saturated heterocycles. The Kier molecular flexibility index (Phi) is 6.41. The topological polar surface area (TPSA) is 66.8 Å². The summed E-state index contributed by atoms with van der Waals surface area (Å²) in [4.78, 5) is 13.7. The molecule has 0 radical (unpaired) electrons. The first-order chi connectivity index (χ1) is 17.1. The lowest BCUT2D eigenvalue weighted by Crippen LogP contribution is -2.67. The Morgan fingerprint density at radius 1 is 0.946 bits per heavy atom. The van der Waals surface area contributed by atoms with Crippen LogP contribution in [-0.2, 0) is 9.53 Å². The molecule has 5 aliphatic rings. The Labute approximate surface area is 226 Å². The summed E-state index contributed by atoms with van der Waals surface area (Å²) in [5, 5.41) is 22.0. The van der Waals surface area contributed by atoms with Gasteiger partial charge < -0.3 is 14.9 Å². The molecule has 210 valence electrons. The molecule has 4 nitrogen and oxygen atoms in total. The molecule has 4 heteroatoms. The summed E-state index contributed by atoms with van der Waals surface area (Å²) in [6.07, 6.45) is 11.1. The number of rotatable bonds is 3. The highest BCUT2D eigenvalue weighted by Crippen LogP contribution is 2.75. The van der Waals surface area contributed by atoms with E-state index < -0.39 is 12.2 Å². The highest BCUT2D eigenvalue weighted by Gasteiger charge is 2.70. The molecule has 5 rings (SSSR count). The third kappa shape index (κ3) is 3.63. The molecule has 0 aliphatic heterocycles. The van der Waals surface area contributed by atoms with Crippen molar-refractivity contribution in [2.75, 3.05) is 6.61 Å². The minimum Gasteiger partial charge on any atom is -0.465 e. The lowest BCUT2D eigenvalue weighted by molar-refractivity contribution is -0.232. The van der Waals surface area contributed by atoms with Crippen LogP contribution in [0.5, 0.6) is 0 Å². The van der Waals surface area contributed by atoms with Crippen LogP contribution in [0.4, 0.5) is 0 Å². The maximum Gasteiger partial charge on any atom is 0.312 e. The van der Waals surface area contributed by atoms with E-state index in [1.54, 1.807) is 5.57 Å². The third-order valence-electron chi connectivity index (χ3n) is 13.4. The zero-order valence-electron chi connectivity index (χ0n) is 25.0. The largest absolute Gasteiger partial charge is 0.465 e. The minimum absolute atomic E-state index is 0.0133. The van der Waals surface area contributed by atoms with Gasteiger partial charge in [0.15, 0.2) is 0 Å². The molecule has 37 heavy (non-hydrogen) atoms. The summed E-state index contributed by atoms with van der Waals surface area (Å²) in [6, 6.07) is 0. The van der Waals surface area contributed by atoms with E-state index in [4.69, 9.17) is 4.74 Å². The lowest BCUT2D eigenvalue weighted by atomic mass is 9.33. The number of ether oxygens (including phenoxy) is 1. The quantitative estimate of drug-likeness (QED) is 0.312. The van der Waals surface area contributed by atoms with Crippen LogP contribution >= 0.6 is 0 Å². The van der Waals surface area contributed by atoms with Gasteiger partial charge in [-0.25, -0.2) is 0 Å². The standard InChI is InChI=1S/C33H54O4/c1-9-18-37-27(36)33-16-14-28(2,3)19-22(33)21-10-11-25-30(6)20-23(34)26(35)29(4,5)24(30)12-13-32(25,8)31(21,7)15-17-33/h10,22-26,34-35H,9,11-20H2,1-8H3/t22-,23-,24-,25-,26-,30-,31-,32+,33+/m0/s1. The molecule has 0 heterocycles. The Hall–Kier alpha value is -0.870. The average Bonchev–Trinajstić information content (AvgIpc) is 2.81. The Balaban J connectivity index is 1.58.